The molecule has 0 bridgehead atoms. The van der Waals surface area contributed by atoms with Crippen molar-refractivity contribution in [3.8, 4) is 67.5 Å². The van der Waals surface area contributed by atoms with Crippen molar-refractivity contribution in [2.75, 3.05) is 9.80 Å². The van der Waals surface area contributed by atoms with E-state index < -0.39 is 0 Å². The molecule has 0 amide bonds. The average molecular weight is 991 g/mol. The van der Waals surface area contributed by atoms with Crippen LogP contribution in [0.25, 0.3) is 44.5 Å². The molecule has 4 nitrogen and oxygen atoms in total. The number of fused-ring (bicyclic) bond motifs is 4. The van der Waals surface area contributed by atoms with Gasteiger partial charge in [0.2, 0.25) is 0 Å². The van der Waals surface area contributed by atoms with Crippen LogP contribution in [0.3, 0.4) is 0 Å². The van der Waals surface area contributed by atoms with Crippen LogP contribution in [0.1, 0.15) is 74.6 Å². The van der Waals surface area contributed by atoms with Gasteiger partial charge in [0, 0.05) is 11.4 Å². The van der Waals surface area contributed by atoms with Crippen molar-refractivity contribution < 1.29 is 9.47 Å². The predicted molar refractivity (Wildman–Crippen MR) is 320 cm³/mol. The Morgan fingerprint density at radius 2 is 0.566 bits per heavy atom. The minimum Gasteiger partial charge on any atom is -0.453 e. The van der Waals surface area contributed by atoms with Gasteiger partial charge in [-0.25, -0.2) is 0 Å². The molecule has 0 aliphatic carbocycles. The van der Waals surface area contributed by atoms with Crippen molar-refractivity contribution in [3.05, 3.63) is 253 Å². The summed E-state index contributed by atoms with van der Waals surface area (Å²) in [4.78, 5) is 4.66. The maximum absolute atomic E-state index is 6.32. The Balaban J connectivity index is 0.000000166. The first-order valence-electron chi connectivity index (χ1n) is 27.3. The van der Waals surface area contributed by atoms with E-state index >= 15 is 0 Å². The highest BCUT2D eigenvalue weighted by Crippen LogP contribution is 2.53. The number of unbranched alkanes of at least 4 members (excludes halogenated alkanes) is 4. The molecule has 0 spiro atoms. The maximum atomic E-state index is 6.32. The molecule has 0 fully saturated rings. The van der Waals surface area contributed by atoms with E-state index in [2.05, 4.69) is 232 Å². The van der Waals surface area contributed by atoms with E-state index in [1.165, 1.54) is 105 Å². The minimum absolute atomic E-state index is 0.860. The number of para-hydroxylation sites is 8. The van der Waals surface area contributed by atoms with Crippen molar-refractivity contribution in [1.82, 2.24) is 0 Å². The second-order valence-electron chi connectivity index (χ2n) is 20.3. The second-order valence-corrected chi connectivity index (χ2v) is 20.3. The lowest BCUT2D eigenvalue weighted by atomic mass is 9.95. The van der Waals surface area contributed by atoms with E-state index in [-0.39, 0.29) is 0 Å². The van der Waals surface area contributed by atoms with E-state index in [0.29, 0.717) is 0 Å². The number of anilines is 6. The number of aryl methyl sites for hydroxylation is 4. The zero-order chi connectivity index (χ0) is 51.8. The van der Waals surface area contributed by atoms with Gasteiger partial charge in [-0.2, -0.15) is 0 Å². The lowest BCUT2D eigenvalue weighted by Gasteiger charge is -2.33. The number of rotatable bonds is 14. The second kappa shape index (κ2) is 22.9. The van der Waals surface area contributed by atoms with Crippen molar-refractivity contribution in [3.63, 3.8) is 0 Å². The van der Waals surface area contributed by atoms with Gasteiger partial charge in [-0.15, -0.1) is 0 Å². The average Bonchev–Trinajstić information content (AvgIpc) is 3.47. The first-order chi connectivity index (χ1) is 37.4. The molecule has 376 valence electrons. The number of nitrogens with zero attached hydrogens (tertiary/aromatic N) is 2. The number of benzene rings is 10. The zero-order valence-corrected chi connectivity index (χ0v) is 44.3. The molecule has 2 aliphatic rings. The zero-order valence-electron chi connectivity index (χ0n) is 44.3. The molecule has 10 aromatic carbocycles. The maximum Gasteiger partial charge on any atom is 0.151 e. The summed E-state index contributed by atoms with van der Waals surface area (Å²) in [5, 5.41) is 0. The topological polar surface area (TPSA) is 24.9 Å². The van der Waals surface area contributed by atoms with Gasteiger partial charge in [-0.3, -0.25) is 0 Å². The minimum atomic E-state index is 0.860. The van der Waals surface area contributed by atoms with Crippen LogP contribution in [0.2, 0.25) is 0 Å². The van der Waals surface area contributed by atoms with Gasteiger partial charge in [0.15, 0.2) is 23.0 Å². The molecule has 0 saturated heterocycles. The Hall–Kier alpha value is -8.60. The third kappa shape index (κ3) is 10.9. The molecule has 4 heteroatoms. The summed E-state index contributed by atoms with van der Waals surface area (Å²) in [6.45, 7) is 8.77. The largest absolute Gasteiger partial charge is 0.453 e. The van der Waals surface area contributed by atoms with Gasteiger partial charge in [0.25, 0.3) is 0 Å². The molecule has 0 radical (unpaired) electrons. The summed E-state index contributed by atoms with van der Waals surface area (Å²) >= 11 is 0. The van der Waals surface area contributed by atoms with Gasteiger partial charge in [0.1, 0.15) is 0 Å². The fraction of sp³-hybridized carbons (Fsp3) is 0.167. The molecule has 10 aromatic rings. The number of ether oxygens (including phenoxy) is 2. The van der Waals surface area contributed by atoms with Crippen LogP contribution < -0.4 is 19.3 Å². The van der Waals surface area contributed by atoms with Crippen molar-refractivity contribution in [1.29, 1.82) is 0 Å². The molecular formula is C72H66N2O2. The molecule has 0 unspecified atom stereocenters. The van der Waals surface area contributed by atoms with E-state index in [1.54, 1.807) is 0 Å². The van der Waals surface area contributed by atoms with Crippen LogP contribution >= 0.6 is 0 Å². The highest BCUT2D eigenvalue weighted by Gasteiger charge is 2.28. The fourth-order valence-electron chi connectivity index (χ4n) is 10.5. The van der Waals surface area contributed by atoms with Crippen molar-refractivity contribution in [2.45, 2.75) is 79.1 Å². The highest BCUT2D eigenvalue weighted by molar-refractivity contribution is 5.92. The Kier molecular flexibility index (Phi) is 14.9. The van der Waals surface area contributed by atoms with Crippen LogP contribution in [0.5, 0.6) is 23.0 Å². The Morgan fingerprint density at radius 1 is 0.289 bits per heavy atom. The predicted octanol–water partition coefficient (Wildman–Crippen LogP) is 21.3. The van der Waals surface area contributed by atoms with Gasteiger partial charge >= 0.3 is 0 Å². The first-order valence-corrected chi connectivity index (χ1v) is 27.3. The molecule has 0 aromatic heterocycles. The summed E-state index contributed by atoms with van der Waals surface area (Å²) in [5.41, 5.74) is 21.5. The van der Waals surface area contributed by atoms with Crippen LogP contribution in [0, 0.1) is 13.8 Å². The lowest BCUT2D eigenvalue weighted by Crippen LogP contribution is -2.15. The van der Waals surface area contributed by atoms with E-state index in [4.69, 9.17) is 9.47 Å². The van der Waals surface area contributed by atoms with E-state index in [1.807, 2.05) is 36.4 Å². The van der Waals surface area contributed by atoms with Crippen LogP contribution in [0.4, 0.5) is 34.1 Å². The summed E-state index contributed by atoms with van der Waals surface area (Å²) < 4.78 is 12.6. The molecular weight excluding hydrogens is 925 g/mol. The summed E-state index contributed by atoms with van der Waals surface area (Å²) in [6.07, 6.45) is 9.86. The molecule has 12 rings (SSSR count). The molecule has 2 heterocycles. The van der Waals surface area contributed by atoms with Gasteiger partial charge in [-0.05, 0) is 180 Å². The van der Waals surface area contributed by atoms with Gasteiger partial charge in [-0.1, -0.05) is 196 Å². The molecule has 2 aliphatic heterocycles. The van der Waals surface area contributed by atoms with Crippen molar-refractivity contribution in [2.24, 2.45) is 0 Å². The fourth-order valence-corrected chi connectivity index (χ4v) is 10.5. The third-order valence-electron chi connectivity index (χ3n) is 14.7. The van der Waals surface area contributed by atoms with Gasteiger partial charge < -0.3 is 19.3 Å². The lowest BCUT2D eigenvalue weighted by molar-refractivity contribution is 0.477. The molecule has 76 heavy (non-hydrogen) atoms. The first kappa shape index (κ1) is 49.6. The monoisotopic (exact) mass is 991 g/mol. The Labute approximate surface area is 450 Å². The van der Waals surface area contributed by atoms with Crippen LogP contribution in [-0.4, -0.2) is 0 Å². The summed E-state index contributed by atoms with van der Waals surface area (Å²) in [6, 6.07) is 82.9. The Bertz CT molecular complexity index is 3350. The number of hydrogen-bond donors (Lipinski definition) is 0. The quantitative estimate of drug-likeness (QED) is 0.101. The SMILES string of the molecule is CCCCCc1ccc(-c2cc(-c3ccc(CCCCC)cc3)cc(N3c4ccccc4Oc4ccccc43)c2)cc1.Cc1ccc(-c2cc(-c3ccc(C)cc3)cc(N3c4ccccc4Oc4ccccc43)c2)cc1. The van der Waals surface area contributed by atoms with Gasteiger partial charge in [0.05, 0.1) is 22.7 Å². The molecule has 0 saturated carbocycles. The Morgan fingerprint density at radius 3 is 0.855 bits per heavy atom. The van der Waals surface area contributed by atoms with Crippen molar-refractivity contribution >= 4 is 34.1 Å². The number of hydrogen-bond acceptors (Lipinski definition) is 4. The standard InChI is InChI=1S/C40H41NO.C32H25NO/c1-3-5-7-13-30-19-23-32(24-20-30)34-27-35(33-25-21-31(22-26-33)14-8-6-4-2)29-36(28-34)41-37-15-9-11-17-39(37)42-40-18-12-10-16-38(40)41;1-22-11-15-24(16-12-22)26-19-27(25-17-13-23(2)14-18-25)21-28(20-26)33-29-7-3-5-9-31(29)34-32-10-6-4-8-30(32)33/h9-12,15-29H,3-8,13-14H2,1-2H3;3-21H,1-2H3. The van der Waals surface area contributed by atoms with E-state index in [9.17, 15) is 0 Å². The smallest absolute Gasteiger partial charge is 0.151 e. The molecule has 0 atom stereocenters. The summed E-state index contributed by atoms with van der Waals surface area (Å²) in [7, 11) is 0. The van der Waals surface area contributed by atoms with Crippen LogP contribution in [-0.2, 0) is 12.8 Å². The van der Waals surface area contributed by atoms with E-state index in [0.717, 1.165) is 70.0 Å². The third-order valence-corrected chi connectivity index (χ3v) is 14.7. The normalized spacial score (nSPS) is 12.0. The molecule has 0 N–H and O–H groups in total. The van der Waals surface area contributed by atoms with Crippen LogP contribution in [0.15, 0.2) is 231 Å². The summed E-state index contributed by atoms with van der Waals surface area (Å²) in [5.74, 6) is 3.46. The highest BCUT2D eigenvalue weighted by atomic mass is 16.5.